The van der Waals surface area contributed by atoms with E-state index in [2.05, 4.69) is 4.98 Å². The molecule has 0 fully saturated rings. The zero-order chi connectivity index (χ0) is 6.69. The summed E-state index contributed by atoms with van der Waals surface area (Å²) in [5.74, 6) is 0.0960. The average molecular weight is 119 g/mol. The lowest BCUT2D eigenvalue weighted by Crippen LogP contribution is -1.86. The maximum atomic E-state index is 5.57. The molecule has 1 heterocycles. The van der Waals surface area contributed by atoms with Gasteiger partial charge < -0.3 is 0 Å². The van der Waals surface area contributed by atoms with Gasteiger partial charge in [-0.3, -0.25) is 4.98 Å². The van der Waals surface area contributed by atoms with Gasteiger partial charge in [0.05, 0.1) is 0 Å². The lowest BCUT2D eigenvalue weighted by molar-refractivity contribution is 0.950. The van der Waals surface area contributed by atoms with Crippen molar-refractivity contribution in [3.05, 3.63) is 37.0 Å². The topological polar surface area (TPSA) is 12.9 Å². The summed E-state index contributed by atoms with van der Waals surface area (Å²) in [7, 11) is 0. The summed E-state index contributed by atoms with van der Waals surface area (Å²) in [6.45, 7) is 7.52. The Morgan fingerprint density at radius 1 is 1.67 bits per heavy atom. The van der Waals surface area contributed by atoms with Gasteiger partial charge >= 0.3 is 0 Å². The lowest BCUT2D eigenvalue weighted by Gasteiger charge is -2.00. The largest absolute Gasteiger partial charge is 0.264 e. The normalized spacial score (nSPS) is 10.1. The van der Waals surface area contributed by atoms with Crippen molar-refractivity contribution in [2.24, 2.45) is 0 Å². The van der Waals surface area contributed by atoms with Crippen molar-refractivity contribution in [2.75, 3.05) is 0 Å². The van der Waals surface area contributed by atoms with Gasteiger partial charge in [-0.1, -0.05) is 13.0 Å². The van der Waals surface area contributed by atoms with Gasteiger partial charge in [0.1, 0.15) is 0 Å². The summed E-state index contributed by atoms with van der Waals surface area (Å²) in [6.07, 6.45) is 3.52. The molecule has 1 aromatic heterocycles. The summed E-state index contributed by atoms with van der Waals surface area (Å²) in [5.41, 5.74) is 1.08. The number of hydrogen-bond acceptors (Lipinski definition) is 1. The highest BCUT2D eigenvalue weighted by Gasteiger charge is 1.94. The van der Waals surface area contributed by atoms with E-state index in [1.54, 1.807) is 12.4 Å². The third kappa shape index (κ3) is 1.53. The minimum absolute atomic E-state index is 0.0960. The monoisotopic (exact) mass is 119 g/mol. The van der Waals surface area contributed by atoms with Gasteiger partial charge in [-0.2, -0.15) is 0 Å². The fourth-order valence-electron chi connectivity index (χ4n) is 0.645. The molecular formula is C8H9N. The van der Waals surface area contributed by atoms with Crippen LogP contribution in [0.3, 0.4) is 0 Å². The van der Waals surface area contributed by atoms with E-state index < -0.39 is 0 Å². The molecule has 0 spiro atoms. The second kappa shape index (κ2) is 2.62. The van der Waals surface area contributed by atoms with E-state index in [1.165, 1.54) is 0 Å². The van der Waals surface area contributed by atoms with Crippen molar-refractivity contribution in [1.82, 2.24) is 4.98 Å². The minimum atomic E-state index is 0.0960. The van der Waals surface area contributed by atoms with Crippen LogP contribution in [0.15, 0.2) is 24.5 Å². The Morgan fingerprint density at radius 3 is 2.78 bits per heavy atom. The molecule has 2 radical (unpaired) electrons. The third-order valence-electron chi connectivity index (χ3n) is 1.21. The molecule has 0 saturated carbocycles. The van der Waals surface area contributed by atoms with E-state index >= 15 is 0 Å². The molecule has 0 aliphatic carbocycles. The van der Waals surface area contributed by atoms with Crippen molar-refractivity contribution in [2.45, 2.75) is 12.8 Å². The first-order valence-corrected chi connectivity index (χ1v) is 2.96. The number of aromatic nitrogens is 1. The Kier molecular flexibility index (Phi) is 1.83. The van der Waals surface area contributed by atoms with E-state index in [1.807, 2.05) is 19.1 Å². The van der Waals surface area contributed by atoms with Gasteiger partial charge in [0.25, 0.3) is 0 Å². The van der Waals surface area contributed by atoms with Crippen molar-refractivity contribution in [3.63, 3.8) is 0 Å². The molecule has 0 aromatic carbocycles. The smallest absolute Gasteiger partial charge is 0.0302 e. The van der Waals surface area contributed by atoms with E-state index in [0.717, 1.165) is 5.56 Å². The molecule has 46 valence electrons. The Labute approximate surface area is 55.7 Å². The van der Waals surface area contributed by atoms with Crippen LogP contribution in [-0.4, -0.2) is 4.98 Å². The van der Waals surface area contributed by atoms with Crippen LogP contribution >= 0.6 is 0 Å². The molecule has 1 unspecified atom stereocenters. The van der Waals surface area contributed by atoms with Gasteiger partial charge in [-0.15, -0.1) is 0 Å². The maximum Gasteiger partial charge on any atom is 0.0302 e. The summed E-state index contributed by atoms with van der Waals surface area (Å²) in [6, 6.07) is 3.86. The predicted octanol–water partition coefficient (Wildman–Crippen LogP) is 1.90. The zero-order valence-electron chi connectivity index (χ0n) is 5.41. The summed E-state index contributed by atoms with van der Waals surface area (Å²) < 4.78 is 0. The highest BCUT2D eigenvalue weighted by atomic mass is 14.6. The SMILES string of the molecule is [CH]C(C)c1cccnc1. The number of rotatable bonds is 1. The number of pyridine rings is 1. The third-order valence-corrected chi connectivity index (χ3v) is 1.21. The van der Waals surface area contributed by atoms with E-state index in [-0.39, 0.29) is 5.92 Å². The molecule has 1 rings (SSSR count). The second-order valence-corrected chi connectivity index (χ2v) is 2.08. The fraction of sp³-hybridized carbons (Fsp3) is 0.250. The standard InChI is InChI=1S/C8H9N/c1-7(2)8-4-3-5-9-6-8/h1,3-7H,2H3. The van der Waals surface area contributed by atoms with Crippen LogP contribution in [0.1, 0.15) is 18.4 Å². The van der Waals surface area contributed by atoms with Crippen LogP contribution < -0.4 is 0 Å². The molecule has 1 nitrogen and oxygen atoms in total. The van der Waals surface area contributed by atoms with Gasteiger partial charge in [-0.05, 0) is 24.5 Å². The van der Waals surface area contributed by atoms with Crippen LogP contribution in [0.2, 0.25) is 0 Å². The van der Waals surface area contributed by atoms with Crippen LogP contribution in [-0.2, 0) is 0 Å². The van der Waals surface area contributed by atoms with Gasteiger partial charge in [-0.25, -0.2) is 0 Å². The van der Waals surface area contributed by atoms with Crippen molar-refractivity contribution in [3.8, 4) is 0 Å². The Hall–Kier alpha value is -0.850. The molecule has 0 aliphatic rings. The minimum Gasteiger partial charge on any atom is -0.264 e. The first-order valence-electron chi connectivity index (χ1n) is 2.96. The summed E-state index contributed by atoms with van der Waals surface area (Å²) in [5, 5.41) is 0. The van der Waals surface area contributed by atoms with Crippen molar-refractivity contribution in [1.29, 1.82) is 0 Å². The highest BCUT2D eigenvalue weighted by molar-refractivity contribution is 5.14. The fourth-order valence-corrected chi connectivity index (χ4v) is 0.645. The average Bonchev–Trinajstić information content (AvgIpc) is 1.90. The molecule has 0 saturated heterocycles. The molecule has 1 heteroatoms. The molecule has 0 bridgehead atoms. The number of hydrogen-bond donors (Lipinski definition) is 0. The first kappa shape index (κ1) is 6.27. The predicted molar refractivity (Wildman–Crippen MR) is 37.0 cm³/mol. The molecule has 0 N–H and O–H groups in total. The zero-order valence-corrected chi connectivity index (χ0v) is 5.41. The van der Waals surface area contributed by atoms with E-state index in [0.29, 0.717) is 0 Å². The highest BCUT2D eigenvalue weighted by Crippen LogP contribution is 2.09. The molecule has 0 amide bonds. The first-order chi connectivity index (χ1) is 4.30. The molecule has 9 heavy (non-hydrogen) atoms. The van der Waals surface area contributed by atoms with Crippen LogP contribution in [0.4, 0.5) is 0 Å². The van der Waals surface area contributed by atoms with E-state index in [4.69, 9.17) is 6.92 Å². The Bertz CT molecular complexity index is 167. The lowest BCUT2D eigenvalue weighted by atomic mass is 10.1. The second-order valence-electron chi connectivity index (χ2n) is 2.08. The van der Waals surface area contributed by atoms with Gasteiger partial charge in [0, 0.05) is 12.4 Å². The number of nitrogens with zero attached hydrogens (tertiary/aromatic N) is 1. The quantitative estimate of drug-likeness (QED) is 0.550. The molecule has 0 aliphatic heterocycles. The van der Waals surface area contributed by atoms with Crippen molar-refractivity contribution < 1.29 is 0 Å². The Balaban J connectivity index is 2.85. The van der Waals surface area contributed by atoms with Crippen molar-refractivity contribution >= 4 is 0 Å². The van der Waals surface area contributed by atoms with E-state index in [9.17, 15) is 0 Å². The molecular weight excluding hydrogens is 110 g/mol. The maximum absolute atomic E-state index is 5.57. The van der Waals surface area contributed by atoms with Crippen LogP contribution in [0.25, 0.3) is 0 Å². The molecule has 1 atom stereocenters. The van der Waals surface area contributed by atoms with Crippen LogP contribution in [0.5, 0.6) is 0 Å². The van der Waals surface area contributed by atoms with Gasteiger partial charge in [0.2, 0.25) is 0 Å². The van der Waals surface area contributed by atoms with Gasteiger partial charge in [0.15, 0.2) is 0 Å². The summed E-state index contributed by atoms with van der Waals surface area (Å²) in [4.78, 5) is 3.93. The summed E-state index contributed by atoms with van der Waals surface area (Å²) >= 11 is 0. The molecule has 1 aromatic rings. The Morgan fingerprint density at radius 2 is 2.44 bits per heavy atom. The van der Waals surface area contributed by atoms with Crippen LogP contribution in [0, 0.1) is 6.92 Å².